The highest BCUT2D eigenvalue weighted by atomic mass is 16.5. The van der Waals surface area contributed by atoms with Crippen molar-refractivity contribution in [2.45, 2.75) is 6.92 Å². The average Bonchev–Trinajstić information content (AvgIpc) is 2.55. The Hall–Kier alpha value is -1.58. The maximum Gasteiger partial charge on any atom is 0.284 e. The van der Waals surface area contributed by atoms with Crippen LogP contribution in [-0.2, 0) is 0 Å². The van der Waals surface area contributed by atoms with E-state index in [9.17, 15) is 0 Å². The fourth-order valence-corrected chi connectivity index (χ4v) is 0.788. The van der Waals surface area contributed by atoms with Gasteiger partial charge < -0.3 is 8.94 Å². The van der Waals surface area contributed by atoms with Gasteiger partial charge in [0.05, 0.1) is 6.20 Å². The number of hydrogen-bond donors (Lipinski definition) is 0. The molecule has 0 fully saturated rings. The first kappa shape index (κ1) is 6.15. The van der Waals surface area contributed by atoms with Crippen molar-refractivity contribution in [1.82, 2.24) is 10.1 Å². The molecule has 0 N–H and O–H groups in total. The molecule has 2 heterocycles. The first-order valence-electron chi connectivity index (χ1n) is 3.12. The molecule has 0 atom stereocenters. The molecule has 2 rings (SSSR count). The fraction of sp³-hybridized carbons (Fsp3) is 0.143. The van der Waals surface area contributed by atoms with Crippen LogP contribution in [0.25, 0.3) is 11.5 Å². The molecule has 4 heteroatoms. The number of hydrogen-bond acceptors (Lipinski definition) is 4. The Labute approximate surface area is 62.8 Å². The number of oxazole rings is 1. The summed E-state index contributed by atoms with van der Waals surface area (Å²) < 4.78 is 9.71. The van der Waals surface area contributed by atoms with Gasteiger partial charge in [-0.3, -0.25) is 0 Å². The predicted molar refractivity (Wildman–Crippen MR) is 35.6 cm³/mol. The van der Waals surface area contributed by atoms with E-state index >= 15 is 0 Å². The Bertz CT molecular complexity index is 337. The molecule has 1 radical (unpaired) electrons. The zero-order valence-corrected chi connectivity index (χ0v) is 5.87. The number of nitrogens with zero attached hydrogens (tertiary/aromatic N) is 2. The molecule has 0 amide bonds. The zero-order chi connectivity index (χ0) is 7.68. The predicted octanol–water partition coefficient (Wildman–Crippen LogP) is 1.44. The molecule has 2 aromatic heterocycles. The lowest BCUT2D eigenvalue weighted by molar-refractivity contribution is 0.397. The molecule has 0 unspecified atom stereocenters. The summed E-state index contributed by atoms with van der Waals surface area (Å²) in [5, 5.41) is 3.73. The average molecular weight is 149 g/mol. The molecule has 0 aromatic carbocycles. The van der Waals surface area contributed by atoms with Crippen LogP contribution in [0.4, 0.5) is 0 Å². The molecule has 0 saturated carbocycles. The maximum absolute atomic E-state index is 4.87. The zero-order valence-electron chi connectivity index (χ0n) is 5.87. The molecular formula is C7H5N2O2. The van der Waals surface area contributed by atoms with Crippen LogP contribution < -0.4 is 0 Å². The van der Waals surface area contributed by atoms with E-state index in [0.717, 1.165) is 5.76 Å². The minimum Gasteiger partial charge on any atom is -0.431 e. The SMILES string of the molecule is Cc1cc(-c2cn[c]o2)no1. The molecule has 0 bridgehead atoms. The lowest BCUT2D eigenvalue weighted by atomic mass is 10.3. The van der Waals surface area contributed by atoms with Gasteiger partial charge in [0.2, 0.25) is 0 Å². The largest absolute Gasteiger partial charge is 0.431 e. The third kappa shape index (κ3) is 1.02. The summed E-state index contributed by atoms with van der Waals surface area (Å²) >= 11 is 0. The minimum absolute atomic E-state index is 0.571. The first-order chi connectivity index (χ1) is 5.36. The third-order valence-corrected chi connectivity index (χ3v) is 1.27. The van der Waals surface area contributed by atoms with E-state index in [1.165, 1.54) is 6.20 Å². The van der Waals surface area contributed by atoms with Crippen LogP contribution in [-0.4, -0.2) is 10.1 Å². The van der Waals surface area contributed by atoms with Crippen LogP contribution in [0, 0.1) is 13.3 Å². The number of aromatic nitrogens is 2. The van der Waals surface area contributed by atoms with Crippen molar-refractivity contribution < 1.29 is 8.94 Å². The van der Waals surface area contributed by atoms with Crippen molar-refractivity contribution in [2.75, 3.05) is 0 Å². The van der Waals surface area contributed by atoms with Crippen LogP contribution in [0.15, 0.2) is 21.2 Å². The Kier molecular flexibility index (Phi) is 1.25. The molecule has 2 aromatic rings. The van der Waals surface area contributed by atoms with E-state index in [2.05, 4.69) is 16.5 Å². The molecule has 0 aliphatic rings. The Morgan fingerprint density at radius 1 is 1.55 bits per heavy atom. The number of rotatable bonds is 1. The van der Waals surface area contributed by atoms with Crippen LogP contribution in [0.5, 0.6) is 0 Å². The van der Waals surface area contributed by atoms with Crippen LogP contribution in [0.1, 0.15) is 5.76 Å². The standard InChI is InChI=1S/C7H5N2O2/c1-5-2-6(9-11-5)7-3-8-4-10-7/h2-3H,1H3. The van der Waals surface area contributed by atoms with Gasteiger partial charge in [0.15, 0.2) is 11.5 Å². The molecule has 55 valence electrons. The number of aryl methyl sites for hydroxylation is 1. The quantitative estimate of drug-likeness (QED) is 0.615. The maximum atomic E-state index is 4.87. The van der Waals surface area contributed by atoms with Crippen molar-refractivity contribution in [3.05, 3.63) is 24.4 Å². The Morgan fingerprint density at radius 3 is 3.00 bits per heavy atom. The molecule has 11 heavy (non-hydrogen) atoms. The minimum atomic E-state index is 0.571. The molecular weight excluding hydrogens is 144 g/mol. The normalized spacial score (nSPS) is 10.3. The second-order valence-corrected chi connectivity index (χ2v) is 2.14. The van der Waals surface area contributed by atoms with Gasteiger partial charge in [-0.15, -0.1) is 0 Å². The summed E-state index contributed by atoms with van der Waals surface area (Å²) in [4.78, 5) is 3.63. The van der Waals surface area contributed by atoms with Gasteiger partial charge in [-0.2, -0.15) is 0 Å². The molecule has 0 aliphatic carbocycles. The van der Waals surface area contributed by atoms with Gasteiger partial charge in [-0.05, 0) is 6.92 Å². The van der Waals surface area contributed by atoms with Gasteiger partial charge >= 0.3 is 0 Å². The van der Waals surface area contributed by atoms with Crippen molar-refractivity contribution in [3.8, 4) is 11.5 Å². The van der Waals surface area contributed by atoms with Crippen LogP contribution in [0.3, 0.4) is 0 Å². The van der Waals surface area contributed by atoms with E-state index in [0.29, 0.717) is 11.5 Å². The summed E-state index contributed by atoms with van der Waals surface area (Å²) in [6.45, 7) is 1.82. The molecule has 0 spiro atoms. The lowest BCUT2D eigenvalue weighted by Crippen LogP contribution is -1.68. The topological polar surface area (TPSA) is 52.1 Å². The van der Waals surface area contributed by atoms with Gasteiger partial charge in [0.25, 0.3) is 6.39 Å². The van der Waals surface area contributed by atoms with Crippen molar-refractivity contribution >= 4 is 0 Å². The van der Waals surface area contributed by atoms with E-state index < -0.39 is 0 Å². The monoisotopic (exact) mass is 149 g/mol. The summed E-state index contributed by atoms with van der Waals surface area (Å²) in [5.41, 5.74) is 0.649. The van der Waals surface area contributed by atoms with Crippen molar-refractivity contribution in [3.63, 3.8) is 0 Å². The van der Waals surface area contributed by atoms with Gasteiger partial charge in [0, 0.05) is 6.07 Å². The van der Waals surface area contributed by atoms with E-state index in [4.69, 9.17) is 8.94 Å². The third-order valence-electron chi connectivity index (χ3n) is 1.27. The highest BCUT2D eigenvalue weighted by molar-refractivity contribution is 5.49. The van der Waals surface area contributed by atoms with Crippen molar-refractivity contribution in [1.29, 1.82) is 0 Å². The van der Waals surface area contributed by atoms with Crippen LogP contribution >= 0.6 is 0 Å². The summed E-state index contributed by atoms with van der Waals surface area (Å²) in [7, 11) is 0. The second-order valence-electron chi connectivity index (χ2n) is 2.14. The smallest absolute Gasteiger partial charge is 0.284 e. The van der Waals surface area contributed by atoms with Crippen molar-refractivity contribution in [2.24, 2.45) is 0 Å². The Morgan fingerprint density at radius 2 is 2.45 bits per heavy atom. The van der Waals surface area contributed by atoms with E-state index in [1.807, 2.05) is 6.92 Å². The van der Waals surface area contributed by atoms with Gasteiger partial charge in [0.1, 0.15) is 5.76 Å². The van der Waals surface area contributed by atoms with Gasteiger partial charge in [-0.25, -0.2) is 4.98 Å². The molecule has 0 aliphatic heterocycles. The Balaban J connectivity index is 2.45. The van der Waals surface area contributed by atoms with Crippen LogP contribution in [0.2, 0.25) is 0 Å². The highest BCUT2D eigenvalue weighted by Gasteiger charge is 2.05. The van der Waals surface area contributed by atoms with Gasteiger partial charge in [-0.1, -0.05) is 5.16 Å². The summed E-state index contributed by atoms with van der Waals surface area (Å²) in [6.07, 6.45) is 3.87. The van der Waals surface area contributed by atoms with E-state index in [1.54, 1.807) is 6.07 Å². The molecule has 4 nitrogen and oxygen atoms in total. The molecule has 0 saturated heterocycles. The second kappa shape index (κ2) is 2.23. The summed E-state index contributed by atoms with van der Waals surface area (Å²) in [5.74, 6) is 1.32. The first-order valence-corrected chi connectivity index (χ1v) is 3.12. The lowest BCUT2D eigenvalue weighted by Gasteiger charge is -1.80. The van der Waals surface area contributed by atoms with E-state index in [-0.39, 0.29) is 0 Å². The highest BCUT2D eigenvalue weighted by Crippen LogP contribution is 2.16. The summed E-state index contributed by atoms with van der Waals surface area (Å²) in [6, 6.07) is 1.77. The fourth-order valence-electron chi connectivity index (χ4n) is 0.788.